The van der Waals surface area contributed by atoms with E-state index in [0.717, 1.165) is 16.7 Å². The van der Waals surface area contributed by atoms with Crippen molar-refractivity contribution in [1.29, 1.82) is 0 Å². The van der Waals surface area contributed by atoms with Gasteiger partial charge in [-0.3, -0.25) is 4.57 Å². The molecule has 0 radical (unpaired) electrons. The number of nitrogens with one attached hydrogen (secondary N) is 1. The zero-order valence-corrected chi connectivity index (χ0v) is 15.1. The monoisotopic (exact) mass is 353 g/mol. The van der Waals surface area contributed by atoms with E-state index in [1.165, 1.54) is 0 Å². The minimum absolute atomic E-state index is 0.151. The zero-order chi connectivity index (χ0) is 18.7. The highest BCUT2D eigenvalue weighted by Crippen LogP contribution is 2.31. The van der Waals surface area contributed by atoms with Crippen LogP contribution in [-0.4, -0.2) is 33.6 Å². The summed E-state index contributed by atoms with van der Waals surface area (Å²) in [6, 6.07) is 14.7. The lowest BCUT2D eigenvalue weighted by atomic mass is 9.99. The number of hydrogen-bond donors (Lipinski definition) is 2. The number of aromatic nitrogens is 3. The number of rotatable bonds is 6. The van der Waals surface area contributed by atoms with Crippen LogP contribution in [0.15, 0.2) is 53.3 Å². The molecule has 1 heterocycles. The van der Waals surface area contributed by atoms with Gasteiger partial charge in [-0.15, -0.1) is 0 Å². The summed E-state index contributed by atoms with van der Waals surface area (Å²) in [6.45, 7) is 4.36. The first-order valence-electron chi connectivity index (χ1n) is 8.57. The fourth-order valence-corrected chi connectivity index (χ4v) is 3.11. The van der Waals surface area contributed by atoms with Crippen LogP contribution in [0.3, 0.4) is 0 Å². The molecule has 0 aliphatic carbocycles. The summed E-state index contributed by atoms with van der Waals surface area (Å²) >= 11 is 0. The topological polar surface area (TPSA) is 80.1 Å². The number of ether oxygens (including phenoxy) is 1. The minimum atomic E-state index is -0.307. The lowest BCUT2D eigenvalue weighted by molar-refractivity contribution is 0.168. The molecule has 2 aromatic carbocycles. The molecule has 1 atom stereocenters. The lowest BCUT2D eigenvalue weighted by Crippen LogP contribution is -2.27. The second-order valence-corrected chi connectivity index (χ2v) is 6.53. The van der Waals surface area contributed by atoms with Gasteiger partial charge in [0.05, 0.1) is 12.6 Å². The fourth-order valence-electron chi connectivity index (χ4n) is 3.11. The van der Waals surface area contributed by atoms with E-state index in [1.807, 2.05) is 50.2 Å². The maximum Gasteiger partial charge on any atom is 0.344 e. The number of benzene rings is 2. The standard InChI is InChI=1S/C20H23N3O3/c1-13(2)16-11-15(9-10-18(16)24)19-21-22-20(25)23(19)17(12-26-3)14-7-5-4-6-8-14/h4-11,13,17,24H,12H2,1-3H3,(H,22,25). The summed E-state index contributed by atoms with van der Waals surface area (Å²) in [6.07, 6.45) is 0. The largest absolute Gasteiger partial charge is 0.508 e. The Morgan fingerprint density at radius 2 is 1.92 bits per heavy atom. The van der Waals surface area contributed by atoms with Crippen LogP contribution >= 0.6 is 0 Å². The average molecular weight is 353 g/mol. The molecule has 1 unspecified atom stereocenters. The van der Waals surface area contributed by atoms with Crippen LogP contribution in [-0.2, 0) is 4.74 Å². The highest BCUT2D eigenvalue weighted by molar-refractivity contribution is 5.59. The average Bonchev–Trinajstić information content (AvgIpc) is 3.02. The molecule has 0 saturated heterocycles. The van der Waals surface area contributed by atoms with E-state index >= 15 is 0 Å². The third-order valence-corrected chi connectivity index (χ3v) is 4.43. The van der Waals surface area contributed by atoms with Crippen molar-refractivity contribution in [1.82, 2.24) is 14.8 Å². The number of hydrogen-bond acceptors (Lipinski definition) is 4. The Morgan fingerprint density at radius 1 is 1.19 bits per heavy atom. The van der Waals surface area contributed by atoms with Crippen LogP contribution in [0.5, 0.6) is 5.75 Å². The Morgan fingerprint density at radius 3 is 2.58 bits per heavy atom. The summed E-state index contributed by atoms with van der Waals surface area (Å²) in [7, 11) is 1.61. The molecule has 0 fully saturated rings. The van der Waals surface area contributed by atoms with Crippen LogP contribution in [0.2, 0.25) is 0 Å². The molecule has 26 heavy (non-hydrogen) atoms. The van der Waals surface area contributed by atoms with Crippen LogP contribution in [0.4, 0.5) is 0 Å². The quantitative estimate of drug-likeness (QED) is 0.712. The van der Waals surface area contributed by atoms with Gasteiger partial charge in [0.15, 0.2) is 5.82 Å². The van der Waals surface area contributed by atoms with Gasteiger partial charge in [0.2, 0.25) is 0 Å². The molecule has 0 saturated carbocycles. The number of phenolic OH excluding ortho intramolecular Hbond substituents is 1. The van der Waals surface area contributed by atoms with Crippen molar-refractivity contribution >= 4 is 0 Å². The van der Waals surface area contributed by atoms with Crippen molar-refractivity contribution < 1.29 is 9.84 Å². The van der Waals surface area contributed by atoms with E-state index in [2.05, 4.69) is 10.2 Å². The maximum absolute atomic E-state index is 12.5. The second-order valence-electron chi connectivity index (χ2n) is 6.53. The molecule has 0 bridgehead atoms. The Bertz CT molecular complexity index is 929. The van der Waals surface area contributed by atoms with E-state index in [0.29, 0.717) is 12.4 Å². The summed E-state index contributed by atoms with van der Waals surface area (Å²) in [4.78, 5) is 12.5. The van der Waals surface area contributed by atoms with Gasteiger partial charge >= 0.3 is 5.69 Å². The molecule has 0 amide bonds. The van der Waals surface area contributed by atoms with Gasteiger partial charge in [-0.25, -0.2) is 9.89 Å². The SMILES string of the molecule is COCC(c1ccccc1)n1c(-c2ccc(O)c(C(C)C)c2)n[nH]c1=O. The van der Waals surface area contributed by atoms with Gasteiger partial charge < -0.3 is 9.84 Å². The van der Waals surface area contributed by atoms with Crippen LogP contribution in [0.1, 0.15) is 36.9 Å². The molecule has 6 nitrogen and oxygen atoms in total. The highest BCUT2D eigenvalue weighted by atomic mass is 16.5. The van der Waals surface area contributed by atoms with Crippen molar-refractivity contribution in [2.75, 3.05) is 13.7 Å². The zero-order valence-electron chi connectivity index (χ0n) is 15.1. The molecule has 0 aliphatic heterocycles. The number of aromatic amines is 1. The number of aromatic hydroxyl groups is 1. The van der Waals surface area contributed by atoms with Crippen molar-refractivity contribution in [3.8, 4) is 17.1 Å². The van der Waals surface area contributed by atoms with Crippen molar-refractivity contribution in [2.45, 2.75) is 25.8 Å². The van der Waals surface area contributed by atoms with E-state index in [4.69, 9.17) is 4.74 Å². The number of phenols is 1. The van der Waals surface area contributed by atoms with Gasteiger partial charge in [-0.1, -0.05) is 44.2 Å². The summed E-state index contributed by atoms with van der Waals surface area (Å²) in [5.41, 5.74) is 2.24. The van der Waals surface area contributed by atoms with Crippen molar-refractivity contribution in [3.63, 3.8) is 0 Å². The molecule has 6 heteroatoms. The molecule has 136 valence electrons. The van der Waals surface area contributed by atoms with Gasteiger partial charge in [-0.2, -0.15) is 5.10 Å². The maximum atomic E-state index is 12.5. The summed E-state index contributed by atoms with van der Waals surface area (Å²) < 4.78 is 6.97. The first kappa shape index (κ1) is 17.9. The first-order chi connectivity index (χ1) is 12.5. The normalized spacial score (nSPS) is 12.5. The molecule has 0 aliphatic rings. The Balaban J connectivity index is 2.15. The molecule has 0 spiro atoms. The molecule has 3 rings (SSSR count). The summed E-state index contributed by atoms with van der Waals surface area (Å²) in [5.74, 6) is 0.908. The first-order valence-corrected chi connectivity index (χ1v) is 8.57. The number of nitrogens with zero attached hydrogens (tertiary/aromatic N) is 2. The van der Waals surface area contributed by atoms with E-state index in [1.54, 1.807) is 23.8 Å². The van der Waals surface area contributed by atoms with Gasteiger partial charge in [0.1, 0.15) is 5.75 Å². The smallest absolute Gasteiger partial charge is 0.344 e. The molecule has 3 aromatic rings. The molecule has 2 N–H and O–H groups in total. The predicted octanol–water partition coefficient (Wildman–Crippen LogP) is 3.30. The van der Waals surface area contributed by atoms with Crippen LogP contribution < -0.4 is 5.69 Å². The van der Waals surface area contributed by atoms with Gasteiger partial charge in [0.25, 0.3) is 0 Å². The van der Waals surface area contributed by atoms with Crippen LogP contribution in [0, 0.1) is 0 Å². The molecular formula is C20H23N3O3. The summed E-state index contributed by atoms with van der Waals surface area (Å²) in [5, 5.41) is 16.9. The fraction of sp³-hybridized carbons (Fsp3) is 0.300. The number of methoxy groups -OCH3 is 1. The van der Waals surface area contributed by atoms with Gasteiger partial charge in [-0.05, 0) is 35.2 Å². The van der Waals surface area contributed by atoms with Crippen molar-refractivity contribution in [3.05, 3.63) is 70.1 Å². The second kappa shape index (κ2) is 7.58. The Kier molecular flexibility index (Phi) is 5.23. The number of H-pyrrole nitrogens is 1. The lowest BCUT2D eigenvalue weighted by Gasteiger charge is -2.19. The minimum Gasteiger partial charge on any atom is -0.508 e. The Hall–Kier alpha value is -2.86. The molecular weight excluding hydrogens is 330 g/mol. The Labute approximate surface area is 152 Å². The van der Waals surface area contributed by atoms with E-state index in [9.17, 15) is 9.90 Å². The highest BCUT2D eigenvalue weighted by Gasteiger charge is 2.22. The molecule has 1 aromatic heterocycles. The third-order valence-electron chi connectivity index (χ3n) is 4.43. The van der Waals surface area contributed by atoms with Crippen LogP contribution in [0.25, 0.3) is 11.4 Å². The van der Waals surface area contributed by atoms with Gasteiger partial charge in [0, 0.05) is 12.7 Å². The third kappa shape index (κ3) is 3.41. The van der Waals surface area contributed by atoms with E-state index < -0.39 is 0 Å². The van der Waals surface area contributed by atoms with Crippen molar-refractivity contribution in [2.24, 2.45) is 0 Å². The predicted molar refractivity (Wildman–Crippen MR) is 100 cm³/mol. The van der Waals surface area contributed by atoms with E-state index in [-0.39, 0.29) is 23.4 Å².